The molecule has 0 spiro atoms. The lowest BCUT2D eigenvalue weighted by atomic mass is 9.99. The molecule has 1 aromatic carbocycles. The molecule has 3 aromatic heterocycles. The molecule has 4 rings (SSSR count). The van der Waals surface area contributed by atoms with Crippen molar-refractivity contribution in [2.75, 3.05) is 44.0 Å². The summed E-state index contributed by atoms with van der Waals surface area (Å²) in [6.45, 7) is 2.27. The Balaban J connectivity index is 1.92. The third-order valence-electron chi connectivity index (χ3n) is 5.49. The molecule has 0 fully saturated rings. The Morgan fingerprint density at radius 1 is 1.08 bits per heavy atom. The second-order valence-corrected chi connectivity index (χ2v) is 13.8. The third-order valence-corrected chi connectivity index (χ3v) is 6.88. The van der Waals surface area contributed by atoms with Gasteiger partial charge in [-0.3, -0.25) is 0 Å². The van der Waals surface area contributed by atoms with Gasteiger partial charge >= 0.3 is 11.7 Å². The minimum Gasteiger partial charge on any atom is -0.464 e. The predicted octanol–water partition coefficient (Wildman–Crippen LogP) is 2.97. The summed E-state index contributed by atoms with van der Waals surface area (Å²) in [7, 11) is 0.570. The average molecular weight is 511 g/mol. The molecule has 0 saturated carbocycles. The Hall–Kier alpha value is -3.70. The second-order valence-electron chi connectivity index (χ2n) is 9.21. The first-order chi connectivity index (χ1) is 17.1. The zero-order chi connectivity index (χ0) is 26.0. The van der Waals surface area contributed by atoms with Crippen molar-refractivity contribution in [3.63, 3.8) is 0 Å². The van der Waals surface area contributed by atoms with Crippen LogP contribution in [0.25, 0.3) is 28.0 Å². The highest BCUT2D eigenvalue weighted by Gasteiger charge is 2.23. The first-order valence-corrected chi connectivity index (χ1v) is 14.3. The van der Waals surface area contributed by atoms with E-state index in [1.807, 2.05) is 30.3 Å². The van der Waals surface area contributed by atoms with Gasteiger partial charge in [0.25, 0.3) is 0 Å². The maximum atomic E-state index is 13.2. The van der Waals surface area contributed by atoms with E-state index in [-0.39, 0.29) is 18.4 Å². The number of aryl methyl sites for hydroxylation is 1. The van der Waals surface area contributed by atoms with Gasteiger partial charge in [0.05, 0.1) is 25.0 Å². The van der Waals surface area contributed by atoms with Crippen LogP contribution in [0.1, 0.15) is 16.2 Å². The van der Waals surface area contributed by atoms with Crippen molar-refractivity contribution in [2.45, 2.75) is 13.7 Å². The highest BCUT2D eigenvalue weighted by Crippen LogP contribution is 2.35. The SMILES string of the molecule is COC(=O)c1cc(-c2c(-c3ccccc3)nc(N)n3c(=O)n(COCCS(C)(C)C)nc23)cc(C)n1. The summed E-state index contributed by atoms with van der Waals surface area (Å²) in [6, 6.07) is 12.9. The number of ether oxygens (including phenoxy) is 2. The van der Waals surface area contributed by atoms with Gasteiger partial charge in [0.2, 0.25) is 5.95 Å². The molecule has 0 aliphatic heterocycles. The van der Waals surface area contributed by atoms with E-state index in [0.29, 0.717) is 34.8 Å². The number of fused-ring (bicyclic) bond motifs is 1. The number of aromatic nitrogens is 5. The molecule has 0 aliphatic rings. The molecule has 2 N–H and O–H groups in total. The van der Waals surface area contributed by atoms with Crippen molar-refractivity contribution >= 4 is 27.6 Å². The summed E-state index contributed by atoms with van der Waals surface area (Å²) in [5.41, 5.74) is 9.30. The molecule has 10 nitrogen and oxygen atoms in total. The van der Waals surface area contributed by atoms with Crippen LogP contribution in [0.2, 0.25) is 0 Å². The van der Waals surface area contributed by atoms with Gasteiger partial charge in [-0.2, -0.15) is 4.68 Å². The largest absolute Gasteiger partial charge is 0.464 e. The van der Waals surface area contributed by atoms with Gasteiger partial charge in [-0.05, 0) is 43.4 Å². The second kappa shape index (κ2) is 10.1. The molecule has 3 heterocycles. The number of carbonyl (C=O) groups excluding carboxylic acids is 1. The lowest BCUT2D eigenvalue weighted by molar-refractivity contribution is 0.0594. The summed E-state index contributed by atoms with van der Waals surface area (Å²) < 4.78 is 13.1. The summed E-state index contributed by atoms with van der Waals surface area (Å²) in [4.78, 5) is 34.4. The van der Waals surface area contributed by atoms with Crippen LogP contribution in [-0.2, 0) is 16.2 Å². The number of nitrogen functional groups attached to an aromatic ring is 1. The minimum absolute atomic E-state index is 0.00181. The topological polar surface area (TPSA) is 127 Å². The predicted molar refractivity (Wildman–Crippen MR) is 143 cm³/mol. The van der Waals surface area contributed by atoms with Crippen LogP contribution in [0.4, 0.5) is 5.95 Å². The van der Waals surface area contributed by atoms with E-state index < -0.39 is 21.7 Å². The number of methoxy groups -OCH3 is 1. The van der Waals surface area contributed by atoms with Crippen molar-refractivity contribution < 1.29 is 14.3 Å². The van der Waals surface area contributed by atoms with Crippen LogP contribution in [0.3, 0.4) is 0 Å². The fourth-order valence-electron chi connectivity index (χ4n) is 3.74. The average Bonchev–Trinajstić information content (AvgIpc) is 3.17. The Labute approximate surface area is 210 Å². The maximum absolute atomic E-state index is 13.2. The van der Waals surface area contributed by atoms with E-state index in [4.69, 9.17) is 15.2 Å². The lowest BCUT2D eigenvalue weighted by Gasteiger charge is -2.24. The van der Waals surface area contributed by atoms with E-state index in [1.54, 1.807) is 19.1 Å². The van der Waals surface area contributed by atoms with Crippen LogP contribution in [-0.4, -0.2) is 68.4 Å². The molecular weight excluding hydrogens is 480 g/mol. The molecule has 190 valence electrons. The normalized spacial score (nSPS) is 12.1. The summed E-state index contributed by atoms with van der Waals surface area (Å²) in [5.74, 6) is 0.342. The third kappa shape index (κ3) is 5.26. The van der Waals surface area contributed by atoms with Crippen LogP contribution in [0.15, 0.2) is 47.3 Å². The van der Waals surface area contributed by atoms with Gasteiger partial charge in [-0.15, -0.1) is 5.10 Å². The minimum atomic E-state index is -0.728. The Kier molecular flexibility index (Phi) is 7.14. The van der Waals surface area contributed by atoms with Crippen LogP contribution >= 0.6 is 10.0 Å². The molecule has 0 atom stereocenters. The van der Waals surface area contributed by atoms with Crippen molar-refractivity contribution in [1.29, 1.82) is 0 Å². The first-order valence-electron chi connectivity index (χ1n) is 11.2. The molecule has 4 aromatic rings. The summed E-state index contributed by atoms with van der Waals surface area (Å²) in [6.07, 6.45) is 6.61. The molecule has 0 unspecified atom stereocenters. The number of nitrogens with two attached hydrogens (primary N) is 1. The maximum Gasteiger partial charge on any atom is 0.356 e. The number of hydrogen-bond donors (Lipinski definition) is 1. The van der Waals surface area contributed by atoms with Crippen molar-refractivity contribution in [3.8, 4) is 22.4 Å². The number of pyridine rings is 1. The molecule has 0 bridgehead atoms. The molecule has 0 radical (unpaired) electrons. The Bertz CT molecular complexity index is 1470. The monoisotopic (exact) mass is 510 g/mol. The fraction of sp³-hybridized carbons (Fsp3) is 0.320. The number of hydrogen-bond acceptors (Lipinski definition) is 8. The van der Waals surface area contributed by atoms with Crippen LogP contribution in [0, 0.1) is 6.92 Å². The quantitative estimate of drug-likeness (QED) is 0.283. The van der Waals surface area contributed by atoms with E-state index in [2.05, 4.69) is 33.8 Å². The van der Waals surface area contributed by atoms with Crippen LogP contribution < -0.4 is 11.4 Å². The zero-order valence-electron chi connectivity index (χ0n) is 21.0. The number of anilines is 1. The van der Waals surface area contributed by atoms with Gasteiger partial charge in [0.15, 0.2) is 5.65 Å². The van der Waals surface area contributed by atoms with E-state index in [9.17, 15) is 9.59 Å². The van der Waals surface area contributed by atoms with Gasteiger partial charge in [-0.25, -0.2) is 34.0 Å². The molecule has 0 amide bonds. The van der Waals surface area contributed by atoms with Crippen LogP contribution in [0.5, 0.6) is 0 Å². The highest BCUT2D eigenvalue weighted by atomic mass is 32.3. The van der Waals surface area contributed by atoms with E-state index in [0.717, 1.165) is 11.3 Å². The smallest absolute Gasteiger partial charge is 0.356 e. The highest BCUT2D eigenvalue weighted by molar-refractivity contribution is 8.32. The van der Waals surface area contributed by atoms with Gasteiger partial charge in [0.1, 0.15) is 12.4 Å². The summed E-state index contributed by atoms with van der Waals surface area (Å²) >= 11 is 0. The van der Waals surface area contributed by atoms with Gasteiger partial charge in [0, 0.05) is 17.0 Å². The fourth-order valence-corrected chi connectivity index (χ4v) is 4.36. The van der Waals surface area contributed by atoms with E-state index in [1.165, 1.54) is 16.2 Å². The van der Waals surface area contributed by atoms with Crippen molar-refractivity contribution in [2.24, 2.45) is 0 Å². The summed E-state index contributed by atoms with van der Waals surface area (Å²) in [5, 5.41) is 4.59. The first kappa shape index (κ1) is 25.4. The van der Waals surface area contributed by atoms with E-state index >= 15 is 0 Å². The lowest BCUT2D eigenvalue weighted by Crippen LogP contribution is -2.25. The van der Waals surface area contributed by atoms with Crippen molar-refractivity contribution in [1.82, 2.24) is 24.1 Å². The molecule has 0 saturated heterocycles. The number of esters is 1. The number of carbonyl (C=O) groups is 1. The number of rotatable bonds is 8. The Morgan fingerprint density at radius 3 is 2.47 bits per heavy atom. The Morgan fingerprint density at radius 2 is 1.81 bits per heavy atom. The standard InChI is InChI=1S/C25H30N6O4S/c1-16-13-18(14-19(27-16)23(32)34-2)20-21(17-9-7-6-8-10-17)28-24(26)31-22(20)29-30(25(31)33)15-35-11-12-36(3,4)5/h6-10,13-14H,11-12,15H2,1-5H3,(H2,26,28). The van der Waals surface area contributed by atoms with Gasteiger partial charge in [-0.1, -0.05) is 30.3 Å². The van der Waals surface area contributed by atoms with Crippen molar-refractivity contribution in [3.05, 3.63) is 64.3 Å². The number of benzene rings is 1. The van der Waals surface area contributed by atoms with Gasteiger partial charge < -0.3 is 15.2 Å². The zero-order valence-corrected chi connectivity index (χ0v) is 21.8. The molecule has 11 heteroatoms. The molecule has 0 aliphatic carbocycles. The molecular formula is C25H30N6O4S. The number of nitrogens with zero attached hydrogens (tertiary/aromatic N) is 5. The molecule has 36 heavy (non-hydrogen) atoms.